The van der Waals surface area contributed by atoms with Crippen molar-refractivity contribution in [2.45, 2.75) is 60.8 Å². The Morgan fingerprint density at radius 1 is 1.05 bits per heavy atom. The Morgan fingerprint density at radius 2 is 1.75 bits per heavy atom. The van der Waals surface area contributed by atoms with Gasteiger partial charge in [-0.1, -0.05) is 54.3 Å². The number of aliphatic hydroxyl groups excluding tert-OH is 4. The summed E-state index contributed by atoms with van der Waals surface area (Å²) in [5, 5.41) is 47.0. The Bertz CT molecular complexity index is 967. The third-order valence-corrected chi connectivity index (χ3v) is 9.12. The van der Waals surface area contributed by atoms with E-state index < -0.39 is 65.5 Å². The van der Waals surface area contributed by atoms with E-state index in [1.807, 2.05) is 30.3 Å². The van der Waals surface area contributed by atoms with Crippen molar-refractivity contribution in [3.05, 3.63) is 35.9 Å². The van der Waals surface area contributed by atoms with Gasteiger partial charge in [0.15, 0.2) is 0 Å². The molecule has 1 aromatic carbocycles. The number of carboxylic acid groups (broad SMARTS) is 1. The maximum absolute atomic E-state index is 13.2. The fourth-order valence-corrected chi connectivity index (χ4v) is 6.70. The molecule has 1 heterocycles. The minimum atomic E-state index is -1.56. The molecule has 1 aromatic rings. The fraction of sp³-hybridized carbons (Fsp3) is 0.600. The summed E-state index contributed by atoms with van der Waals surface area (Å²) < 4.78 is 16.2. The van der Waals surface area contributed by atoms with Crippen LogP contribution in [0.5, 0.6) is 0 Å². The van der Waals surface area contributed by atoms with Gasteiger partial charge < -0.3 is 39.7 Å². The molecule has 11 nitrogen and oxygen atoms in total. The molecular weight excluding hydrogens is 605 g/mol. The zero-order chi connectivity index (χ0) is 29.7. The highest BCUT2D eigenvalue weighted by Crippen LogP contribution is 2.31. The lowest BCUT2D eigenvalue weighted by Crippen LogP contribution is -2.57. The van der Waals surface area contributed by atoms with Gasteiger partial charge in [0.1, 0.15) is 51.8 Å². The lowest BCUT2D eigenvalue weighted by atomic mass is 9.95. The van der Waals surface area contributed by atoms with E-state index in [1.165, 1.54) is 0 Å². The number of carboxylic acids is 1. The first kappa shape index (κ1) is 34.8. The van der Waals surface area contributed by atoms with Crippen molar-refractivity contribution < 1.29 is 54.1 Å². The number of aliphatic carboxylic acids is 1. The van der Waals surface area contributed by atoms with Gasteiger partial charge in [0, 0.05) is 5.75 Å². The number of carbonyl (C=O) groups excluding carboxylic acids is 2. The second-order valence-corrected chi connectivity index (χ2v) is 12.9. The van der Waals surface area contributed by atoms with Gasteiger partial charge in [-0.25, -0.2) is 0 Å². The first-order valence-corrected chi connectivity index (χ1v) is 15.2. The number of thiol groups is 1. The van der Waals surface area contributed by atoms with Crippen molar-refractivity contribution in [3.8, 4) is 0 Å². The summed E-state index contributed by atoms with van der Waals surface area (Å²) in [6.45, 7) is -1.04. The number of hydrogen-bond donors (Lipinski definition) is 6. The number of thioether (sulfide) groups is 2. The van der Waals surface area contributed by atoms with Crippen molar-refractivity contribution in [2.24, 2.45) is 5.92 Å². The Balaban J connectivity index is 2.15. The van der Waals surface area contributed by atoms with E-state index in [9.17, 15) is 29.7 Å². The summed E-state index contributed by atoms with van der Waals surface area (Å²) in [7, 11) is 0. The van der Waals surface area contributed by atoms with Gasteiger partial charge in [0.25, 0.3) is 0 Å². The van der Waals surface area contributed by atoms with E-state index in [0.717, 1.165) is 29.1 Å². The van der Waals surface area contributed by atoms with Crippen LogP contribution in [0.4, 0.5) is 0 Å². The number of esters is 2. The van der Waals surface area contributed by atoms with Gasteiger partial charge in [-0.15, -0.1) is 24.4 Å². The summed E-state index contributed by atoms with van der Waals surface area (Å²) in [5.74, 6) is -2.96. The topological polar surface area (TPSA) is 180 Å². The molecule has 1 aliphatic rings. The van der Waals surface area contributed by atoms with Crippen LogP contribution < -0.4 is 0 Å². The van der Waals surface area contributed by atoms with Crippen LogP contribution in [0.3, 0.4) is 0 Å². The number of benzene rings is 1. The second-order valence-electron chi connectivity index (χ2n) is 8.86. The van der Waals surface area contributed by atoms with Crippen LogP contribution in [-0.4, -0.2) is 108 Å². The molecule has 0 saturated carbocycles. The van der Waals surface area contributed by atoms with E-state index in [2.05, 4.69) is 12.6 Å². The highest BCUT2D eigenvalue weighted by Gasteiger charge is 2.43. The van der Waals surface area contributed by atoms with Gasteiger partial charge in [0.2, 0.25) is 0 Å². The van der Waals surface area contributed by atoms with Crippen molar-refractivity contribution in [2.75, 3.05) is 25.6 Å². The van der Waals surface area contributed by atoms with Crippen molar-refractivity contribution in [1.29, 1.82) is 0 Å². The molecule has 1 aliphatic heterocycles. The van der Waals surface area contributed by atoms with Gasteiger partial charge >= 0.3 is 17.9 Å². The highest BCUT2D eigenvalue weighted by molar-refractivity contribution is 8.47. The number of rotatable bonds is 15. The van der Waals surface area contributed by atoms with E-state index in [-0.39, 0.29) is 35.3 Å². The third kappa shape index (κ3) is 11.8. The SMILES string of the molecule is O=C(O)CCSC(=S)SC(CC(CCc1ccccc1)C(=O)OCCO)C(=O)OC[C@H]1O[C@@H](S)[C@@H](O)[C@@H](O)[C@@H]1O. The first-order valence-electron chi connectivity index (χ1n) is 12.4. The number of thiocarbonyl (C=S) groups is 1. The maximum Gasteiger partial charge on any atom is 0.319 e. The fourth-order valence-electron chi connectivity index (χ4n) is 3.73. The van der Waals surface area contributed by atoms with Crippen LogP contribution in [0.1, 0.15) is 24.8 Å². The van der Waals surface area contributed by atoms with Gasteiger partial charge in [0.05, 0.1) is 18.9 Å². The predicted molar refractivity (Wildman–Crippen MR) is 156 cm³/mol. The molecule has 0 aromatic heterocycles. The largest absolute Gasteiger partial charge is 0.481 e. The van der Waals surface area contributed by atoms with E-state index in [0.29, 0.717) is 12.8 Å². The summed E-state index contributed by atoms with van der Waals surface area (Å²) in [5.41, 5.74) is -0.145. The number of aryl methyl sites for hydroxylation is 1. The molecule has 0 aliphatic carbocycles. The van der Waals surface area contributed by atoms with E-state index >= 15 is 0 Å². The molecule has 0 spiro atoms. The lowest BCUT2D eigenvalue weighted by Gasteiger charge is -2.38. The zero-order valence-electron chi connectivity index (χ0n) is 21.4. The first-order chi connectivity index (χ1) is 19.0. The normalized spacial score (nSPS) is 24.1. The third-order valence-electron chi connectivity index (χ3n) is 5.91. The quantitative estimate of drug-likeness (QED) is 0.0911. The molecule has 2 rings (SSSR count). The van der Waals surface area contributed by atoms with Crippen LogP contribution in [-0.2, 0) is 35.0 Å². The Labute approximate surface area is 251 Å². The molecule has 0 radical (unpaired) electrons. The smallest absolute Gasteiger partial charge is 0.319 e. The van der Waals surface area contributed by atoms with Gasteiger partial charge in [-0.2, -0.15) is 0 Å². The molecule has 1 saturated heterocycles. The molecule has 0 bridgehead atoms. The van der Waals surface area contributed by atoms with Crippen LogP contribution in [0, 0.1) is 5.92 Å². The van der Waals surface area contributed by atoms with Crippen LogP contribution in [0.15, 0.2) is 30.3 Å². The molecule has 15 heteroatoms. The number of carbonyl (C=O) groups is 3. The maximum atomic E-state index is 13.2. The lowest BCUT2D eigenvalue weighted by molar-refractivity contribution is -0.210. The molecule has 0 amide bonds. The summed E-state index contributed by atoms with van der Waals surface area (Å²) in [6.07, 6.45) is -5.05. The molecule has 40 heavy (non-hydrogen) atoms. The van der Waals surface area contributed by atoms with Gasteiger partial charge in [-0.3, -0.25) is 14.4 Å². The van der Waals surface area contributed by atoms with Gasteiger partial charge in [-0.05, 0) is 24.8 Å². The molecular formula is C25H34O11S4. The molecule has 2 unspecified atom stereocenters. The summed E-state index contributed by atoms with van der Waals surface area (Å²) >= 11 is 11.4. The minimum Gasteiger partial charge on any atom is -0.481 e. The van der Waals surface area contributed by atoms with Crippen LogP contribution in [0.2, 0.25) is 0 Å². The molecule has 1 fully saturated rings. The standard InChI is InChI=1S/C25H34O11S4/c26-9-10-34-22(32)15(7-6-14-4-2-1-3-5-14)12-17(40-25(38)39-11-8-18(27)28)23(33)35-13-16-19(29)20(30)21(31)24(37)36-16/h1-5,15-17,19-21,24,26,29-31,37H,6-13H2,(H,27,28)/t15?,16-,17?,19-,20+,21+,24+/m1/s1. The van der Waals surface area contributed by atoms with Crippen molar-refractivity contribution >= 4 is 69.8 Å². The van der Waals surface area contributed by atoms with Crippen LogP contribution in [0.25, 0.3) is 0 Å². The van der Waals surface area contributed by atoms with Crippen LogP contribution >= 0.6 is 48.4 Å². The van der Waals surface area contributed by atoms with E-state index in [1.54, 1.807) is 0 Å². The Hall–Kier alpha value is -1.43. The van der Waals surface area contributed by atoms with Crippen molar-refractivity contribution in [3.63, 3.8) is 0 Å². The molecule has 224 valence electrons. The monoisotopic (exact) mass is 638 g/mol. The van der Waals surface area contributed by atoms with Crippen molar-refractivity contribution in [1.82, 2.24) is 0 Å². The summed E-state index contributed by atoms with van der Waals surface area (Å²) in [4.78, 5) is 36.9. The zero-order valence-corrected chi connectivity index (χ0v) is 24.8. The average Bonchev–Trinajstić information content (AvgIpc) is 2.93. The number of aliphatic hydroxyl groups is 4. The molecule has 7 atom stereocenters. The predicted octanol–water partition coefficient (Wildman–Crippen LogP) is 1.04. The van der Waals surface area contributed by atoms with E-state index in [4.69, 9.17) is 36.6 Å². The Morgan fingerprint density at radius 3 is 2.40 bits per heavy atom. The number of ether oxygens (including phenoxy) is 3. The minimum absolute atomic E-state index is 0.0369. The molecule has 5 N–H and O–H groups in total. The average molecular weight is 639 g/mol. The highest BCUT2D eigenvalue weighted by atomic mass is 32.2. The Kier molecular flexibility index (Phi) is 15.8. The summed E-state index contributed by atoms with van der Waals surface area (Å²) in [6, 6.07) is 9.40. The second kappa shape index (κ2) is 18.2. The number of hydrogen-bond acceptors (Lipinski definition) is 14.